The van der Waals surface area contributed by atoms with E-state index < -0.39 is 23.3 Å². The topological polar surface area (TPSA) is 84.9 Å². The normalized spacial score (nSPS) is 24.6. The Morgan fingerprint density at radius 1 is 1.52 bits per heavy atom. The van der Waals surface area contributed by atoms with Gasteiger partial charge < -0.3 is 19.9 Å². The average molecular weight is 314 g/mol. The van der Waals surface area contributed by atoms with Gasteiger partial charge in [0.1, 0.15) is 11.2 Å². The molecule has 1 saturated heterocycles. The van der Waals surface area contributed by atoms with Gasteiger partial charge in [-0.15, -0.1) is 0 Å². The fraction of sp³-hybridized carbons (Fsp3) is 0.429. The molecule has 0 spiro atoms. The predicted molar refractivity (Wildman–Crippen MR) is 75.8 cm³/mol. The largest absolute Gasteiger partial charge is 0.496 e. The molecular weight excluding hydrogens is 298 g/mol. The van der Waals surface area contributed by atoms with Crippen LogP contribution in [0, 0.1) is 5.41 Å². The van der Waals surface area contributed by atoms with Crippen LogP contribution in [0.15, 0.2) is 18.2 Å². The Labute approximate surface area is 127 Å². The predicted octanol–water partition coefficient (Wildman–Crippen LogP) is 1.57. The Morgan fingerprint density at radius 2 is 2.24 bits per heavy atom. The third-order valence-corrected chi connectivity index (χ3v) is 3.89. The highest BCUT2D eigenvalue weighted by molar-refractivity contribution is 6.30. The first-order chi connectivity index (χ1) is 9.88. The lowest BCUT2D eigenvalue weighted by Gasteiger charge is -2.25. The van der Waals surface area contributed by atoms with Crippen molar-refractivity contribution >= 4 is 23.5 Å². The van der Waals surface area contributed by atoms with E-state index in [1.807, 2.05) is 0 Å². The second kappa shape index (κ2) is 5.91. The highest BCUT2D eigenvalue weighted by atomic mass is 35.5. The van der Waals surface area contributed by atoms with Gasteiger partial charge in [-0.25, -0.2) is 0 Å². The highest BCUT2D eigenvalue weighted by Gasteiger charge is 2.47. The molecule has 1 aromatic carbocycles. The quantitative estimate of drug-likeness (QED) is 0.881. The molecular formula is C14H16ClNO5. The first-order valence-electron chi connectivity index (χ1n) is 6.34. The van der Waals surface area contributed by atoms with Crippen LogP contribution in [-0.4, -0.2) is 43.3 Å². The zero-order valence-corrected chi connectivity index (χ0v) is 12.4. The maximum atomic E-state index is 12.3. The van der Waals surface area contributed by atoms with Crippen LogP contribution >= 0.6 is 11.6 Å². The highest BCUT2D eigenvalue weighted by Crippen LogP contribution is 2.30. The van der Waals surface area contributed by atoms with Crippen molar-refractivity contribution in [3.8, 4) is 5.75 Å². The summed E-state index contributed by atoms with van der Waals surface area (Å²) < 4.78 is 10.3. The van der Waals surface area contributed by atoms with Crippen molar-refractivity contribution in [1.82, 2.24) is 5.32 Å². The summed E-state index contributed by atoms with van der Waals surface area (Å²) in [5.74, 6) is -1.10. The molecule has 1 heterocycles. The van der Waals surface area contributed by atoms with E-state index >= 15 is 0 Å². The maximum absolute atomic E-state index is 12.3. The first kappa shape index (κ1) is 15.6. The minimum Gasteiger partial charge on any atom is -0.496 e. The summed E-state index contributed by atoms with van der Waals surface area (Å²) in [5.41, 5.74) is -0.850. The molecule has 1 fully saturated rings. The van der Waals surface area contributed by atoms with Gasteiger partial charge in [0, 0.05) is 5.02 Å². The van der Waals surface area contributed by atoms with Gasteiger partial charge in [0.2, 0.25) is 0 Å². The number of carbonyl (C=O) groups excluding carboxylic acids is 1. The zero-order valence-electron chi connectivity index (χ0n) is 11.7. The lowest BCUT2D eigenvalue weighted by atomic mass is 9.85. The summed E-state index contributed by atoms with van der Waals surface area (Å²) in [4.78, 5) is 23.7. The zero-order chi connectivity index (χ0) is 15.6. The number of amides is 1. The van der Waals surface area contributed by atoms with E-state index in [4.69, 9.17) is 21.1 Å². The van der Waals surface area contributed by atoms with E-state index in [9.17, 15) is 14.7 Å². The molecule has 21 heavy (non-hydrogen) atoms. The fourth-order valence-electron chi connectivity index (χ4n) is 2.17. The molecule has 1 aliphatic rings. The van der Waals surface area contributed by atoms with E-state index in [-0.39, 0.29) is 13.2 Å². The maximum Gasteiger partial charge on any atom is 0.313 e. The molecule has 0 radical (unpaired) electrons. The van der Waals surface area contributed by atoms with Crippen LogP contribution in [0.5, 0.6) is 5.75 Å². The van der Waals surface area contributed by atoms with E-state index in [1.54, 1.807) is 13.0 Å². The van der Waals surface area contributed by atoms with Crippen molar-refractivity contribution in [2.45, 2.75) is 13.0 Å². The summed E-state index contributed by atoms with van der Waals surface area (Å²) >= 11 is 5.85. The minimum absolute atomic E-state index is 0.0605. The minimum atomic E-state index is -1.14. The summed E-state index contributed by atoms with van der Waals surface area (Å²) in [5, 5.41) is 12.4. The van der Waals surface area contributed by atoms with Crippen LogP contribution in [0.2, 0.25) is 5.02 Å². The van der Waals surface area contributed by atoms with Crippen LogP contribution in [0.25, 0.3) is 0 Å². The molecule has 0 aromatic heterocycles. The first-order valence-corrected chi connectivity index (χ1v) is 6.72. The van der Waals surface area contributed by atoms with Crippen LogP contribution in [0.1, 0.15) is 17.3 Å². The summed E-state index contributed by atoms with van der Waals surface area (Å²) in [7, 11) is 1.43. The second-order valence-corrected chi connectivity index (χ2v) is 5.54. The number of carboxylic acid groups (broad SMARTS) is 1. The fourth-order valence-corrected chi connectivity index (χ4v) is 2.34. The summed E-state index contributed by atoms with van der Waals surface area (Å²) in [6.07, 6.45) is 0. The van der Waals surface area contributed by atoms with Gasteiger partial charge in [-0.1, -0.05) is 11.6 Å². The van der Waals surface area contributed by atoms with Gasteiger partial charge in [-0.2, -0.15) is 0 Å². The van der Waals surface area contributed by atoms with Gasteiger partial charge in [-0.3, -0.25) is 9.59 Å². The monoisotopic (exact) mass is 313 g/mol. The third kappa shape index (κ3) is 2.96. The van der Waals surface area contributed by atoms with Crippen molar-refractivity contribution in [2.24, 2.45) is 5.41 Å². The Kier molecular flexibility index (Phi) is 4.39. The molecule has 1 aliphatic heterocycles. The number of halogens is 1. The number of carbonyl (C=O) groups is 2. The van der Waals surface area contributed by atoms with Gasteiger partial charge in [0.05, 0.1) is 31.9 Å². The van der Waals surface area contributed by atoms with Crippen molar-refractivity contribution in [2.75, 3.05) is 20.3 Å². The Morgan fingerprint density at radius 3 is 2.86 bits per heavy atom. The Balaban J connectivity index is 2.20. The van der Waals surface area contributed by atoms with Gasteiger partial charge >= 0.3 is 5.97 Å². The molecule has 0 saturated carbocycles. The number of hydrogen-bond donors (Lipinski definition) is 2. The van der Waals surface area contributed by atoms with Crippen LogP contribution in [0.4, 0.5) is 0 Å². The molecule has 2 N–H and O–H groups in total. The van der Waals surface area contributed by atoms with Gasteiger partial charge in [-0.05, 0) is 25.1 Å². The van der Waals surface area contributed by atoms with Crippen molar-refractivity contribution in [3.63, 3.8) is 0 Å². The van der Waals surface area contributed by atoms with Crippen molar-refractivity contribution in [1.29, 1.82) is 0 Å². The molecule has 2 atom stereocenters. The van der Waals surface area contributed by atoms with E-state index in [0.717, 1.165) is 0 Å². The number of carboxylic acids is 1. The number of benzene rings is 1. The lowest BCUT2D eigenvalue weighted by Crippen LogP contribution is -2.49. The second-order valence-electron chi connectivity index (χ2n) is 5.11. The average Bonchev–Trinajstić information content (AvgIpc) is 2.81. The van der Waals surface area contributed by atoms with E-state index in [0.29, 0.717) is 16.3 Å². The Bertz CT molecular complexity index is 576. The summed E-state index contributed by atoms with van der Waals surface area (Å²) in [6, 6.07) is 4.02. The molecule has 2 rings (SSSR count). The molecule has 1 amide bonds. The number of rotatable bonds is 4. The standard InChI is InChI=1S/C14H16ClNO5/c1-14(13(18)19)7-21-6-11(14)16-12(17)9-4-3-8(15)5-10(9)20-2/h3-5,11H,6-7H2,1-2H3,(H,16,17)(H,18,19). The smallest absolute Gasteiger partial charge is 0.313 e. The molecule has 114 valence electrons. The Hall–Kier alpha value is -1.79. The van der Waals surface area contributed by atoms with Gasteiger partial charge in [0.15, 0.2) is 0 Å². The van der Waals surface area contributed by atoms with E-state index in [2.05, 4.69) is 5.32 Å². The molecule has 1 aromatic rings. The number of methoxy groups -OCH3 is 1. The molecule has 2 unspecified atom stereocenters. The van der Waals surface area contributed by atoms with Crippen LogP contribution in [0.3, 0.4) is 0 Å². The molecule has 6 nitrogen and oxygen atoms in total. The van der Waals surface area contributed by atoms with Crippen molar-refractivity contribution in [3.05, 3.63) is 28.8 Å². The number of ether oxygens (including phenoxy) is 2. The number of aliphatic carboxylic acids is 1. The third-order valence-electron chi connectivity index (χ3n) is 3.66. The van der Waals surface area contributed by atoms with Crippen LogP contribution in [-0.2, 0) is 9.53 Å². The molecule has 0 aliphatic carbocycles. The molecule has 7 heteroatoms. The number of hydrogen-bond acceptors (Lipinski definition) is 4. The molecule has 0 bridgehead atoms. The lowest BCUT2D eigenvalue weighted by molar-refractivity contribution is -0.148. The van der Waals surface area contributed by atoms with Crippen LogP contribution < -0.4 is 10.1 Å². The van der Waals surface area contributed by atoms with Gasteiger partial charge in [0.25, 0.3) is 5.91 Å². The van der Waals surface area contributed by atoms with Crippen molar-refractivity contribution < 1.29 is 24.2 Å². The van der Waals surface area contributed by atoms with E-state index in [1.165, 1.54) is 19.2 Å². The number of nitrogens with one attached hydrogen (secondary N) is 1. The summed E-state index contributed by atoms with van der Waals surface area (Å²) in [6.45, 7) is 1.77. The SMILES string of the molecule is COc1cc(Cl)ccc1C(=O)NC1COCC1(C)C(=O)O.